The Morgan fingerprint density at radius 3 is 2.29 bits per heavy atom. The minimum absolute atomic E-state index is 0.264. The highest BCUT2D eigenvalue weighted by Gasteiger charge is 2.07. The van der Waals surface area contributed by atoms with Gasteiger partial charge in [-0.2, -0.15) is 0 Å². The van der Waals surface area contributed by atoms with E-state index in [2.05, 4.69) is 40.3 Å². The summed E-state index contributed by atoms with van der Waals surface area (Å²) in [6, 6.07) is 14.5. The minimum atomic E-state index is 0.264. The van der Waals surface area contributed by atoms with Crippen LogP contribution in [0.1, 0.15) is 24.1 Å². The molecular weight excluding hydrogens is 330 g/mol. The molecule has 0 amide bonds. The Hall–Kier alpha value is -1.52. The Morgan fingerprint density at radius 1 is 1.05 bits per heavy atom. The van der Waals surface area contributed by atoms with E-state index in [1.807, 2.05) is 30.3 Å². The molecule has 21 heavy (non-hydrogen) atoms. The lowest BCUT2D eigenvalue weighted by Gasteiger charge is -2.15. The minimum Gasteiger partial charge on any atom is -0.497 e. The van der Waals surface area contributed by atoms with E-state index in [4.69, 9.17) is 9.47 Å². The molecule has 2 aromatic carbocycles. The molecule has 0 fully saturated rings. The van der Waals surface area contributed by atoms with Crippen molar-refractivity contribution in [2.75, 3.05) is 14.2 Å². The number of hydrogen-bond donors (Lipinski definition) is 1. The molecule has 0 bridgehead atoms. The van der Waals surface area contributed by atoms with E-state index in [1.165, 1.54) is 5.56 Å². The molecule has 0 aromatic heterocycles. The fourth-order valence-corrected chi connectivity index (χ4v) is 2.55. The van der Waals surface area contributed by atoms with Gasteiger partial charge in [0, 0.05) is 23.1 Å². The molecule has 4 heteroatoms. The highest BCUT2D eigenvalue weighted by molar-refractivity contribution is 9.10. The molecule has 0 saturated heterocycles. The number of methoxy groups -OCH3 is 2. The highest BCUT2D eigenvalue weighted by atomic mass is 79.9. The van der Waals surface area contributed by atoms with Crippen LogP contribution in [0.15, 0.2) is 46.9 Å². The third kappa shape index (κ3) is 4.48. The standard InChI is InChI=1S/C17H20BrNO2/c1-12(14-5-4-6-15(18)9-14)19-11-13-7-16(20-2)10-17(8-13)21-3/h4-10,12,19H,11H2,1-3H3/t12-/m1/s1. The zero-order chi connectivity index (χ0) is 15.2. The summed E-state index contributed by atoms with van der Waals surface area (Å²) in [5, 5.41) is 3.51. The van der Waals surface area contributed by atoms with Crippen molar-refractivity contribution < 1.29 is 9.47 Å². The van der Waals surface area contributed by atoms with Crippen LogP contribution in [0.5, 0.6) is 11.5 Å². The second-order valence-corrected chi connectivity index (χ2v) is 5.79. The molecule has 3 nitrogen and oxygen atoms in total. The molecule has 0 radical (unpaired) electrons. The molecule has 1 atom stereocenters. The molecule has 0 aliphatic carbocycles. The molecule has 1 N–H and O–H groups in total. The van der Waals surface area contributed by atoms with Gasteiger partial charge in [-0.3, -0.25) is 0 Å². The van der Waals surface area contributed by atoms with Crippen molar-refractivity contribution in [1.82, 2.24) is 5.32 Å². The lowest BCUT2D eigenvalue weighted by Crippen LogP contribution is -2.18. The van der Waals surface area contributed by atoms with E-state index in [0.717, 1.165) is 28.1 Å². The zero-order valence-corrected chi connectivity index (χ0v) is 14.1. The van der Waals surface area contributed by atoms with Crippen LogP contribution in [0, 0.1) is 0 Å². The Kier molecular flexibility index (Phi) is 5.65. The number of ether oxygens (including phenoxy) is 2. The predicted molar refractivity (Wildman–Crippen MR) is 88.9 cm³/mol. The molecule has 0 spiro atoms. The van der Waals surface area contributed by atoms with Gasteiger partial charge in [-0.25, -0.2) is 0 Å². The van der Waals surface area contributed by atoms with Gasteiger partial charge in [0.1, 0.15) is 11.5 Å². The van der Waals surface area contributed by atoms with Crippen LogP contribution in [0.3, 0.4) is 0 Å². The Balaban J connectivity index is 2.05. The summed E-state index contributed by atoms with van der Waals surface area (Å²) in [4.78, 5) is 0. The van der Waals surface area contributed by atoms with Crippen molar-refractivity contribution in [3.05, 3.63) is 58.1 Å². The zero-order valence-electron chi connectivity index (χ0n) is 12.5. The normalized spacial score (nSPS) is 12.0. The topological polar surface area (TPSA) is 30.5 Å². The molecule has 0 unspecified atom stereocenters. The number of hydrogen-bond acceptors (Lipinski definition) is 3. The maximum Gasteiger partial charge on any atom is 0.122 e. The van der Waals surface area contributed by atoms with Crippen LogP contribution in [0.2, 0.25) is 0 Å². The van der Waals surface area contributed by atoms with Gasteiger partial charge in [0.25, 0.3) is 0 Å². The second kappa shape index (κ2) is 7.48. The molecule has 2 aromatic rings. The van der Waals surface area contributed by atoms with Gasteiger partial charge in [0.05, 0.1) is 14.2 Å². The molecule has 0 aliphatic heterocycles. The predicted octanol–water partition coefficient (Wildman–Crippen LogP) is 4.32. The van der Waals surface area contributed by atoms with Crippen molar-refractivity contribution in [2.24, 2.45) is 0 Å². The Bertz CT molecular complexity index is 579. The molecule has 0 saturated carbocycles. The van der Waals surface area contributed by atoms with E-state index in [0.29, 0.717) is 0 Å². The van der Waals surface area contributed by atoms with E-state index in [9.17, 15) is 0 Å². The maximum absolute atomic E-state index is 5.29. The average molecular weight is 350 g/mol. The molecule has 0 aliphatic rings. The van der Waals surface area contributed by atoms with Gasteiger partial charge < -0.3 is 14.8 Å². The summed E-state index contributed by atoms with van der Waals surface area (Å²) < 4.78 is 11.7. The molecular formula is C17H20BrNO2. The van der Waals surface area contributed by atoms with Crippen molar-refractivity contribution in [3.63, 3.8) is 0 Å². The van der Waals surface area contributed by atoms with Gasteiger partial charge in [-0.05, 0) is 42.3 Å². The first-order chi connectivity index (χ1) is 10.1. The monoisotopic (exact) mass is 349 g/mol. The van der Waals surface area contributed by atoms with Crippen LogP contribution >= 0.6 is 15.9 Å². The highest BCUT2D eigenvalue weighted by Crippen LogP contribution is 2.23. The first-order valence-electron chi connectivity index (χ1n) is 6.83. The largest absolute Gasteiger partial charge is 0.497 e. The van der Waals surface area contributed by atoms with Gasteiger partial charge in [0.15, 0.2) is 0 Å². The number of halogens is 1. The second-order valence-electron chi connectivity index (χ2n) is 4.88. The van der Waals surface area contributed by atoms with Crippen LogP contribution in [-0.2, 0) is 6.54 Å². The maximum atomic E-state index is 5.29. The Labute approximate surface area is 134 Å². The summed E-state index contributed by atoms with van der Waals surface area (Å²) in [6.07, 6.45) is 0. The molecule has 0 heterocycles. The summed E-state index contributed by atoms with van der Waals surface area (Å²) >= 11 is 3.50. The van der Waals surface area contributed by atoms with Crippen LogP contribution < -0.4 is 14.8 Å². The van der Waals surface area contributed by atoms with E-state index < -0.39 is 0 Å². The third-order valence-electron chi connectivity index (χ3n) is 3.37. The number of benzene rings is 2. The van der Waals surface area contributed by atoms with Crippen molar-refractivity contribution >= 4 is 15.9 Å². The smallest absolute Gasteiger partial charge is 0.122 e. The lowest BCUT2D eigenvalue weighted by molar-refractivity contribution is 0.392. The van der Waals surface area contributed by atoms with E-state index >= 15 is 0 Å². The first kappa shape index (κ1) is 15.9. The third-order valence-corrected chi connectivity index (χ3v) is 3.87. The van der Waals surface area contributed by atoms with Crippen LogP contribution in [0.25, 0.3) is 0 Å². The van der Waals surface area contributed by atoms with Gasteiger partial charge >= 0.3 is 0 Å². The summed E-state index contributed by atoms with van der Waals surface area (Å²) in [5.41, 5.74) is 2.38. The fourth-order valence-electron chi connectivity index (χ4n) is 2.13. The number of nitrogens with one attached hydrogen (secondary N) is 1. The molecule has 112 valence electrons. The molecule has 2 rings (SSSR count). The van der Waals surface area contributed by atoms with Crippen molar-refractivity contribution in [3.8, 4) is 11.5 Å². The lowest BCUT2D eigenvalue weighted by atomic mass is 10.1. The number of rotatable bonds is 6. The van der Waals surface area contributed by atoms with Gasteiger partial charge in [-0.1, -0.05) is 28.1 Å². The summed E-state index contributed by atoms with van der Waals surface area (Å²) in [5.74, 6) is 1.61. The van der Waals surface area contributed by atoms with Gasteiger partial charge in [0.2, 0.25) is 0 Å². The van der Waals surface area contributed by atoms with Crippen LogP contribution in [0.4, 0.5) is 0 Å². The fraction of sp³-hybridized carbons (Fsp3) is 0.294. The SMILES string of the molecule is COc1cc(CN[C@H](C)c2cccc(Br)c2)cc(OC)c1. The van der Waals surface area contributed by atoms with E-state index in [1.54, 1.807) is 14.2 Å². The summed E-state index contributed by atoms with van der Waals surface area (Å²) in [6.45, 7) is 2.90. The van der Waals surface area contributed by atoms with Gasteiger partial charge in [-0.15, -0.1) is 0 Å². The summed E-state index contributed by atoms with van der Waals surface area (Å²) in [7, 11) is 3.33. The van der Waals surface area contributed by atoms with Crippen molar-refractivity contribution in [1.29, 1.82) is 0 Å². The Morgan fingerprint density at radius 2 is 1.71 bits per heavy atom. The first-order valence-corrected chi connectivity index (χ1v) is 7.62. The quantitative estimate of drug-likeness (QED) is 0.842. The van der Waals surface area contributed by atoms with Crippen LogP contribution in [-0.4, -0.2) is 14.2 Å². The van der Waals surface area contributed by atoms with Crippen molar-refractivity contribution in [2.45, 2.75) is 19.5 Å². The average Bonchev–Trinajstić information content (AvgIpc) is 2.52. The van der Waals surface area contributed by atoms with E-state index in [-0.39, 0.29) is 6.04 Å².